The zero-order valence-corrected chi connectivity index (χ0v) is 24.3. The first-order chi connectivity index (χ1) is 20.2. The molecule has 0 saturated heterocycles. The Hall–Kier alpha value is -4.62. The lowest BCUT2D eigenvalue weighted by Crippen LogP contribution is -2.52. The van der Waals surface area contributed by atoms with Gasteiger partial charge in [-0.05, 0) is 50.3 Å². The normalized spacial score (nSPS) is 17.4. The number of fused-ring (bicyclic) bond motifs is 1. The average Bonchev–Trinajstić information content (AvgIpc) is 3.62. The summed E-state index contributed by atoms with van der Waals surface area (Å²) in [7, 11) is 0. The van der Waals surface area contributed by atoms with Crippen LogP contribution in [0.25, 0.3) is 10.9 Å². The average molecular weight is 594 g/mol. The summed E-state index contributed by atoms with van der Waals surface area (Å²) in [5, 5.41) is 28.2. The molecule has 4 N–H and O–H groups in total. The Morgan fingerprint density at radius 3 is 2.35 bits per heavy atom. The number of aromatic nitrogens is 2. The molecule has 1 aliphatic carbocycles. The molecule has 0 spiro atoms. The number of hydrogen-bond acceptors (Lipinski definition) is 9. The van der Waals surface area contributed by atoms with Crippen molar-refractivity contribution in [1.29, 1.82) is 10.5 Å². The van der Waals surface area contributed by atoms with E-state index in [1.807, 2.05) is 6.92 Å². The van der Waals surface area contributed by atoms with Crippen LogP contribution in [0.5, 0.6) is 0 Å². The fourth-order valence-electron chi connectivity index (χ4n) is 4.97. The fourth-order valence-corrected chi connectivity index (χ4v) is 4.97. The van der Waals surface area contributed by atoms with Gasteiger partial charge in [0.15, 0.2) is 5.54 Å². The van der Waals surface area contributed by atoms with Gasteiger partial charge in [-0.3, -0.25) is 9.99 Å². The van der Waals surface area contributed by atoms with Gasteiger partial charge >= 0.3 is 6.18 Å². The molecule has 5 rings (SSSR count). The Morgan fingerprint density at radius 1 is 1.07 bits per heavy atom. The first-order valence-electron chi connectivity index (χ1n) is 13.7. The lowest BCUT2D eigenvalue weighted by molar-refractivity contribution is -0.195. The van der Waals surface area contributed by atoms with E-state index in [4.69, 9.17) is 0 Å². The topological polar surface area (TPSA) is 125 Å². The van der Waals surface area contributed by atoms with Crippen LogP contribution in [0.3, 0.4) is 0 Å². The zero-order chi connectivity index (χ0) is 31.3. The summed E-state index contributed by atoms with van der Waals surface area (Å²) in [5.41, 5.74) is 6.29. The van der Waals surface area contributed by atoms with Gasteiger partial charge < -0.3 is 16.1 Å². The number of alkyl halides is 3. The molecule has 43 heavy (non-hydrogen) atoms. The third-order valence-electron chi connectivity index (χ3n) is 8.20. The minimum absolute atomic E-state index is 0.0582. The Bertz CT molecular complexity index is 1690. The summed E-state index contributed by atoms with van der Waals surface area (Å²) < 4.78 is 55.6. The highest BCUT2D eigenvalue weighted by Gasteiger charge is 2.67. The van der Waals surface area contributed by atoms with Crippen molar-refractivity contribution >= 4 is 22.3 Å². The van der Waals surface area contributed by atoms with Crippen LogP contribution in [-0.2, 0) is 0 Å². The van der Waals surface area contributed by atoms with Crippen molar-refractivity contribution in [2.24, 2.45) is 5.41 Å². The number of nitrogens with one attached hydrogen (secondary N) is 4. The largest absolute Gasteiger partial charge is 0.413 e. The van der Waals surface area contributed by atoms with Gasteiger partial charge in [0.05, 0.1) is 34.1 Å². The van der Waals surface area contributed by atoms with E-state index in [0.717, 1.165) is 5.01 Å². The van der Waals surface area contributed by atoms with E-state index in [2.05, 4.69) is 64.5 Å². The van der Waals surface area contributed by atoms with E-state index in [-0.39, 0.29) is 29.9 Å². The first kappa shape index (κ1) is 29.9. The van der Waals surface area contributed by atoms with Crippen LogP contribution in [0.2, 0.25) is 0 Å². The van der Waals surface area contributed by atoms with Crippen LogP contribution in [0.1, 0.15) is 69.0 Å². The SMILES string of the molecule is Cc1nc(F)ccc1[C@H](Nc1cc(C#N)c2ncc(C#N)c(N[C@H](C)C(C)(C)C)c2c1)C1=CN(C2(C(F)(F)F)CC2)NN1. The van der Waals surface area contributed by atoms with Gasteiger partial charge in [0.1, 0.15) is 12.1 Å². The van der Waals surface area contributed by atoms with Crippen molar-refractivity contribution in [2.75, 3.05) is 10.6 Å². The number of hydrogen-bond donors (Lipinski definition) is 4. The summed E-state index contributed by atoms with van der Waals surface area (Å²) in [6.45, 7) is 9.77. The van der Waals surface area contributed by atoms with Crippen LogP contribution in [0.15, 0.2) is 42.4 Å². The fraction of sp³-hybridized carbons (Fsp3) is 0.400. The number of anilines is 2. The molecule has 2 aliphatic rings. The van der Waals surface area contributed by atoms with Crippen LogP contribution in [-0.4, -0.2) is 32.7 Å². The van der Waals surface area contributed by atoms with Crippen molar-refractivity contribution in [3.63, 3.8) is 0 Å². The third-order valence-corrected chi connectivity index (χ3v) is 8.20. The summed E-state index contributed by atoms with van der Waals surface area (Å²) in [6.07, 6.45) is -1.80. The highest BCUT2D eigenvalue weighted by molar-refractivity contribution is 5.99. The van der Waals surface area contributed by atoms with Crippen molar-refractivity contribution in [2.45, 2.75) is 71.3 Å². The number of pyridine rings is 2. The van der Waals surface area contributed by atoms with Gasteiger partial charge in [0.25, 0.3) is 0 Å². The quantitative estimate of drug-likeness (QED) is 0.191. The van der Waals surface area contributed by atoms with Gasteiger partial charge in [0.2, 0.25) is 5.95 Å². The summed E-state index contributed by atoms with van der Waals surface area (Å²) in [4.78, 5) is 8.31. The molecule has 0 amide bonds. The molecule has 0 radical (unpaired) electrons. The Balaban J connectivity index is 1.63. The molecule has 224 valence electrons. The molecule has 1 fully saturated rings. The van der Waals surface area contributed by atoms with Crippen LogP contribution in [0, 0.1) is 40.9 Å². The minimum atomic E-state index is -4.46. The molecular formula is C30H31F4N9. The van der Waals surface area contributed by atoms with Crippen LogP contribution >= 0.6 is 0 Å². The van der Waals surface area contributed by atoms with E-state index >= 15 is 0 Å². The molecule has 2 atom stereocenters. The van der Waals surface area contributed by atoms with Crippen LogP contribution in [0.4, 0.5) is 28.9 Å². The molecule has 1 saturated carbocycles. The van der Waals surface area contributed by atoms with Gasteiger partial charge in [-0.2, -0.15) is 28.1 Å². The molecule has 3 heterocycles. The van der Waals surface area contributed by atoms with Crippen molar-refractivity contribution < 1.29 is 17.6 Å². The van der Waals surface area contributed by atoms with Gasteiger partial charge in [0, 0.05) is 40.8 Å². The van der Waals surface area contributed by atoms with E-state index < -0.39 is 23.7 Å². The number of benzene rings is 1. The molecule has 9 nitrogen and oxygen atoms in total. The van der Waals surface area contributed by atoms with Gasteiger partial charge in [-0.1, -0.05) is 26.8 Å². The molecule has 13 heteroatoms. The summed E-state index contributed by atoms with van der Waals surface area (Å²) in [6, 6.07) is 9.44. The molecule has 0 bridgehead atoms. The lowest BCUT2D eigenvalue weighted by Gasteiger charge is -2.30. The Labute approximate surface area is 246 Å². The van der Waals surface area contributed by atoms with Crippen molar-refractivity contribution in [3.8, 4) is 12.1 Å². The third kappa shape index (κ3) is 5.48. The second-order valence-corrected chi connectivity index (χ2v) is 12.0. The van der Waals surface area contributed by atoms with Crippen molar-refractivity contribution in [3.05, 3.63) is 70.7 Å². The first-order valence-corrected chi connectivity index (χ1v) is 13.7. The number of halogens is 4. The lowest BCUT2D eigenvalue weighted by atomic mass is 9.87. The standard InChI is InChI=1S/C30H31F4N9/c1-16-21(6-7-24(31)38-16)27(23-15-43(42-41-23)29(8-9-29)30(32,33)34)40-20-10-18(12-35)25-22(11-20)26(19(13-36)14-37-25)39-17(2)28(3,4)5/h6-7,10-11,14-15,17,27,40-42H,8-9H2,1-5H3,(H,37,39)/t17-,27+/m1/s1. The Kier molecular flexibility index (Phi) is 7.35. The number of rotatable bonds is 7. The second kappa shape index (κ2) is 10.6. The van der Waals surface area contributed by atoms with E-state index in [1.54, 1.807) is 19.1 Å². The van der Waals surface area contributed by atoms with E-state index in [0.29, 0.717) is 44.8 Å². The number of aryl methyl sites for hydroxylation is 1. The molecule has 1 aliphatic heterocycles. The van der Waals surface area contributed by atoms with Crippen molar-refractivity contribution in [1.82, 2.24) is 25.9 Å². The minimum Gasteiger partial charge on any atom is -0.380 e. The molecular weight excluding hydrogens is 562 g/mol. The maximum atomic E-state index is 14.0. The summed E-state index contributed by atoms with van der Waals surface area (Å²) >= 11 is 0. The predicted molar refractivity (Wildman–Crippen MR) is 153 cm³/mol. The number of nitriles is 2. The second-order valence-electron chi connectivity index (χ2n) is 12.0. The Morgan fingerprint density at radius 2 is 1.77 bits per heavy atom. The van der Waals surface area contributed by atoms with Gasteiger partial charge in [-0.15, -0.1) is 5.53 Å². The molecule has 1 aromatic carbocycles. The molecule has 0 unspecified atom stereocenters. The maximum Gasteiger partial charge on any atom is 0.413 e. The van der Waals surface area contributed by atoms with E-state index in [9.17, 15) is 28.1 Å². The van der Waals surface area contributed by atoms with Gasteiger partial charge in [-0.25, -0.2) is 4.98 Å². The van der Waals surface area contributed by atoms with E-state index in [1.165, 1.54) is 24.5 Å². The predicted octanol–water partition coefficient (Wildman–Crippen LogP) is 6.08. The molecule has 3 aromatic rings. The maximum absolute atomic E-state index is 14.0. The zero-order valence-electron chi connectivity index (χ0n) is 24.3. The highest BCUT2D eigenvalue weighted by atomic mass is 19.4. The highest BCUT2D eigenvalue weighted by Crippen LogP contribution is 2.53. The summed E-state index contributed by atoms with van der Waals surface area (Å²) in [5.74, 6) is -0.696. The monoisotopic (exact) mass is 593 g/mol. The number of hydrazine groups is 2. The smallest absolute Gasteiger partial charge is 0.380 e. The molecule has 2 aromatic heterocycles. The number of nitrogens with zero attached hydrogens (tertiary/aromatic N) is 5. The van der Waals surface area contributed by atoms with Crippen LogP contribution < -0.4 is 21.6 Å².